The van der Waals surface area contributed by atoms with Crippen LogP contribution in [0.2, 0.25) is 0 Å². The van der Waals surface area contributed by atoms with Crippen molar-refractivity contribution in [2.24, 2.45) is 0 Å². The molecule has 0 heterocycles. The molecule has 9 amide bonds. The summed E-state index contributed by atoms with van der Waals surface area (Å²) in [6, 6.07) is 76.2. The third-order valence-electron chi connectivity index (χ3n) is 11.9. The molecule has 562 valence electrons. The van der Waals surface area contributed by atoms with E-state index in [-0.39, 0.29) is 55.6 Å². The van der Waals surface area contributed by atoms with Crippen LogP contribution in [-0.2, 0) is 0 Å². The maximum atomic E-state index is 13.2. The average Bonchev–Trinajstić information content (AvgIpc) is 0.800. The quantitative estimate of drug-likeness (QED) is 0.0370. The highest BCUT2D eigenvalue weighted by Crippen LogP contribution is 2.10. The van der Waals surface area contributed by atoms with Crippen LogP contribution in [0.3, 0.4) is 0 Å². The number of carbonyl (C=O) groups excluding carboxylic acids is 9. The maximum absolute atomic E-state index is 13.2. The van der Waals surface area contributed by atoms with Crippen molar-refractivity contribution in [1.29, 1.82) is 0 Å². The first-order valence-electron chi connectivity index (χ1n) is 35.1. The standard InChI is InChI=1S/C29H24N4O4.C22H19N3O3.C15H14N2O2.9C2H6.2CH4/c34-25(21-13-5-1-6-14-21)30-29(31-26(35)22-15-7-2-8-16-22,32-27(36)23-17-9-3-10-18-23)33-28(37)24-19-11-4-12-20-24;26-19(16-10-4-1-5-11-16)23-22(24-20(27)17-12-6-2-7-13-17)25-21(28)18-14-8-3-9-15-18;18-14(12-7-3-1-4-8-12)16-11-17-15(19)13-9-5-2-6-10-13;9*1-2;;/h1-20H,(H,30,34)(H,31,35)(H,32,36)(H,33,37);1-15,22H,(H,23,26)(H,24,27)(H,25,28);1-10H,11H2,(H,16,18)(H,17,19);9*1-2H3;2*1H4. The van der Waals surface area contributed by atoms with Crippen molar-refractivity contribution in [3.63, 3.8) is 0 Å². The molecule has 0 unspecified atom stereocenters. The minimum Gasteiger partial charge on any atom is -0.335 e. The fourth-order valence-corrected chi connectivity index (χ4v) is 7.62. The van der Waals surface area contributed by atoms with E-state index in [1.54, 1.807) is 261 Å². The summed E-state index contributed by atoms with van der Waals surface area (Å²) in [7, 11) is 0. The number of amides is 9. The van der Waals surface area contributed by atoms with Crippen LogP contribution in [-0.4, -0.2) is 72.0 Å². The van der Waals surface area contributed by atoms with Gasteiger partial charge in [0.25, 0.3) is 59.1 Å². The van der Waals surface area contributed by atoms with E-state index in [4.69, 9.17) is 0 Å². The van der Waals surface area contributed by atoms with Crippen LogP contribution in [0.5, 0.6) is 0 Å². The van der Waals surface area contributed by atoms with Gasteiger partial charge in [-0.25, -0.2) is 0 Å². The van der Waals surface area contributed by atoms with Crippen molar-refractivity contribution in [2.75, 3.05) is 6.67 Å². The second-order valence-electron chi connectivity index (χ2n) is 17.9. The van der Waals surface area contributed by atoms with E-state index in [1.807, 2.05) is 137 Å². The first-order chi connectivity index (χ1) is 49.9. The topological polar surface area (TPSA) is 262 Å². The first-order valence-corrected chi connectivity index (χ1v) is 35.1. The number of carbonyl (C=O) groups is 9. The normalized spacial score (nSPS) is 8.80. The number of hydrogen-bond donors (Lipinski definition) is 9. The average molecular weight is 1420 g/mol. The summed E-state index contributed by atoms with van der Waals surface area (Å²) in [6.45, 7) is 36.1. The first kappa shape index (κ1) is 101. The van der Waals surface area contributed by atoms with E-state index in [2.05, 4.69) is 47.9 Å². The zero-order valence-electron chi connectivity index (χ0n) is 62.9. The molecule has 0 aliphatic carbocycles. The lowest BCUT2D eigenvalue weighted by Crippen LogP contribution is -2.78. The van der Waals surface area contributed by atoms with Gasteiger partial charge in [-0.1, -0.05) is 303 Å². The molecule has 18 nitrogen and oxygen atoms in total. The second kappa shape index (κ2) is 65.8. The fourth-order valence-electron chi connectivity index (χ4n) is 7.62. The Labute approximate surface area is 622 Å². The molecule has 0 aliphatic heterocycles. The maximum Gasteiger partial charge on any atom is 0.277 e. The van der Waals surface area contributed by atoms with Gasteiger partial charge in [0.1, 0.15) is 0 Å². The minimum absolute atomic E-state index is 0. The second-order valence-corrected chi connectivity index (χ2v) is 17.9. The van der Waals surface area contributed by atoms with Crippen molar-refractivity contribution in [3.05, 3.63) is 323 Å². The van der Waals surface area contributed by atoms with Gasteiger partial charge in [-0.15, -0.1) is 0 Å². The van der Waals surface area contributed by atoms with E-state index >= 15 is 0 Å². The van der Waals surface area contributed by atoms with Crippen LogP contribution in [0.25, 0.3) is 0 Å². The van der Waals surface area contributed by atoms with E-state index in [0.717, 1.165) is 0 Å². The van der Waals surface area contributed by atoms with E-state index in [0.29, 0.717) is 27.8 Å². The van der Waals surface area contributed by atoms with Gasteiger partial charge in [-0.2, -0.15) is 0 Å². The highest BCUT2D eigenvalue weighted by Gasteiger charge is 2.39. The predicted octanol–water partition coefficient (Wildman–Crippen LogP) is 18.2. The Morgan fingerprint density at radius 2 is 0.337 bits per heavy atom. The van der Waals surface area contributed by atoms with Crippen LogP contribution < -0.4 is 47.9 Å². The van der Waals surface area contributed by atoms with Crippen molar-refractivity contribution in [1.82, 2.24) is 47.9 Å². The number of hydrogen-bond acceptors (Lipinski definition) is 9. The molecule has 9 N–H and O–H groups in total. The van der Waals surface area contributed by atoms with Gasteiger partial charge in [0.15, 0.2) is 6.29 Å². The zero-order chi connectivity index (χ0) is 77.4. The van der Waals surface area contributed by atoms with Crippen molar-refractivity contribution < 1.29 is 43.2 Å². The highest BCUT2D eigenvalue weighted by atomic mass is 16.2. The van der Waals surface area contributed by atoms with Crippen LogP contribution in [0, 0.1) is 0 Å². The lowest BCUT2D eigenvalue weighted by molar-refractivity contribution is 0.0583. The van der Waals surface area contributed by atoms with E-state index in [1.165, 1.54) is 0 Å². The summed E-state index contributed by atoms with van der Waals surface area (Å²) in [5.74, 6) is -6.47. The molecular formula is C86H119N9O9. The molecule has 9 rings (SSSR count). The fraction of sp³-hybridized carbons (Fsp3) is 0.267. The Balaban J connectivity index is -0.000000434. The summed E-state index contributed by atoms with van der Waals surface area (Å²) in [6.07, 6.45) is -1.09. The molecule has 18 heteroatoms. The van der Waals surface area contributed by atoms with Crippen molar-refractivity contribution >= 4 is 53.2 Å². The molecule has 104 heavy (non-hydrogen) atoms. The molecule has 0 spiro atoms. The third-order valence-corrected chi connectivity index (χ3v) is 11.9. The van der Waals surface area contributed by atoms with Gasteiger partial charge < -0.3 is 26.6 Å². The minimum atomic E-state index is -2.19. The number of nitrogens with one attached hydrogen (secondary N) is 9. The molecule has 9 aromatic carbocycles. The molecule has 0 fully saturated rings. The third kappa shape index (κ3) is 39.9. The molecule has 0 atom stereocenters. The molecular weight excluding hydrogens is 1300 g/mol. The lowest BCUT2D eigenvalue weighted by Gasteiger charge is -2.36. The lowest BCUT2D eigenvalue weighted by atomic mass is 10.1. The molecule has 0 radical (unpaired) electrons. The number of benzene rings is 9. The number of rotatable bonds is 18. The smallest absolute Gasteiger partial charge is 0.277 e. The van der Waals surface area contributed by atoms with Gasteiger partial charge in [0, 0.05) is 50.1 Å². The van der Waals surface area contributed by atoms with Crippen LogP contribution in [0.1, 0.15) is 233 Å². The Morgan fingerprint density at radius 1 is 0.212 bits per heavy atom. The molecule has 9 aromatic rings. The molecule has 0 bridgehead atoms. The molecule has 0 aromatic heterocycles. The van der Waals surface area contributed by atoms with Crippen LogP contribution >= 0.6 is 0 Å². The molecule has 0 aliphatic rings. The van der Waals surface area contributed by atoms with Gasteiger partial charge >= 0.3 is 0 Å². The van der Waals surface area contributed by atoms with Gasteiger partial charge in [0.05, 0.1) is 6.67 Å². The predicted molar refractivity (Wildman–Crippen MR) is 432 cm³/mol. The highest BCUT2D eigenvalue weighted by molar-refractivity contribution is 6.03. The van der Waals surface area contributed by atoms with Gasteiger partial charge in [-0.05, 0) is 109 Å². The Kier molecular flexibility index (Phi) is 63.8. The van der Waals surface area contributed by atoms with Crippen molar-refractivity contribution in [3.8, 4) is 0 Å². The van der Waals surface area contributed by atoms with Crippen LogP contribution in [0.15, 0.2) is 273 Å². The Morgan fingerprint density at radius 3 is 0.481 bits per heavy atom. The zero-order valence-corrected chi connectivity index (χ0v) is 62.9. The monoisotopic (exact) mass is 1420 g/mol. The summed E-state index contributed by atoms with van der Waals surface area (Å²) in [4.78, 5) is 114. The summed E-state index contributed by atoms with van der Waals surface area (Å²) >= 11 is 0. The van der Waals surface area contributed by atoms with Gasteiger partial charge in [0.2, 0.25) is 0 Å². The van der Waals surface area contributed by atoms with Crippen molar-refractivity contribution in [2.45, 2.75) is 152 Å². The van der Waals surface area contributed by atoms with Gasteiger partial charge in [-0.3, -0.25) is 64.4 Å². The Bertz CT molecular complexity index is 3220. The SMILES string of the molecule is C.C.CC.CC.CC.CC.CC.CC.CC.CC.CC.O=C(NC(NC(=O)c1ccccc1)(NC(=O)c1ccccc1)NC(=O)c1ccccc1)c1ccccc1.O=C(NC(NC(=O)c1ccccc1)NC(=O)c1ccccc1)c1ccccc1.O=C(NCNC(=O)c1ccccc1)c1ccccc1. The summed E-state index contributed by atoms with van der Waals surface area (Å²) in [5, 5.41) is 23.6. The van der Waals surface area contributed by atoms with E-state index < -0.39 is 53.6 Å². The summed E-state index contributed by atoms with van der Waals surface area (Å²) in [5.41, 5.74) is 3.38. The Hall–Kier alpha value is -11.8. The molecule has 0 saturated heterocycles. The largest absolute Gasteiger partial charge is 0.335 e. The summed E-state index contributed by atoms with van der Waals surface area (Å²) < 4.78 is 0. The van der Waals surface area contributed by atoms with E-state index in [9.17, 15) is 43.2 Å². The molecule has 0 saturated carbocycles. The van der Waals surface area contributed by atoms with Crippen LogP contribution in [0.4, 0.5) is 0 Å².